The van der Waals surface area contributed by atoms with Crippen molar-refractivity contribution in [2.75, 3.05) is 51.5 Å². The van der Waals surface area contributed by atoms with Gasteiger partial charge >= 0.3 is 0 Å². The quantitative estimate of drug-likeness (QED) is 0.220. The van der Waals surface area contributed by atoms with Crippen LogP contribution in [0.5, 0.6) is 0 Å². The zero-order valence-corrected chi connectivity index (χ0v) is 29.4. The van der Waals surface area contributed by atoms with Crippen molar-refractivity contribution in [2.24, 2.45) is 5.92 Å². The number of aryl methyl sites for hydroxylation is 1. The lowest BCUT2D eigenvalue weighted by molar-refractivity contribution is 0.0667. The van der Waals surface area contributed by atoms with Crippen molar-refractivity contribution in [3.8, 4) is 11.1 Å². The van der Waals surface area contributed by atoms with Crippen molar-refractivity contribution in [3.05, 3.63) is 82.8 Å². The van der Waals surface area contributed by atoms with E-state index in [-0.39, 0.29) is 5.91 Å². The molecule has 5 rings (SSSR count). The van der Waals surface area contributed by atoms with Crippen LogP contribution in [0.4, 0.5) is 5.82 Å². The van der Waals surface area contributed by atoms with E-state index in [4.69, 9.17) is 5.73 Å². The first-order chi connectivity index (χ1) is 22.8. The average molecular weight is 637 g/mol. The van der Waals surface area contributed by atoms with E-state index in [0.29, 0.717) is 23.7 Å². The molecule has 1 amide bonds. The normalized spacial score (nSPS) is 17.7. The van der Waals surface area contributed by atoms with Gasteiger partial charge in [-0.15, -0.1) is 0 Å². The SMILES string of the molecule is CCCN(CCC)CC1CCN(C(=O)c2ccc(C3CCN(C(C)/C(C)=C/c4c(-c5ccc(N)nc5)ccnc4C)CC3)cc2)CC1. The van der Waals surface area contributed by atoms with E-state index in [1.165, 1.54) is 43.6 Å². The summed E-state index contributed by atoms with van der Waals surface area (Å²) in [5.74, 6) is 1.95. The van der Waals surface area contributed by atoms with Gasteiger partial charge in [-0.3, -0.25) is 14.7 Å². The Morgan fingerprint density at radius 1 is 0.957 bits per heavy atom. The number of nitrogens with two attached hydrogens (primary N) is 1. The molecule has 1 aromatic carbocycles. The van der Waals surface area contributed by atoms with Gasteiger partial charge in [-0.1, -0.05) is 37.6 Å². The van der Waals surface area contributed by atoms with Gasteiger partial charge in [-0.05, 0) is 139 Å². The van der Waals surface area contributed by atoms with Crippen LogP contribution in [0.2, 0.25) is 0 Å². The lowest BCUT2D eigenvalue weighted by Crippen LogP contribution is -2.42. The second-order valence-electron chi connectivity index (χ2n) is 13.9. The molecule has 0 bridgehead atoms. The first kappa shape index (κ1) is 34.8. The fraction of sp³-hybridized carbons (Fsp3) is 0.525. The molecule has 4 heterocycles. The van der Waals surface area contributed by atoms with Gasteiger partial charge in [0.15, 0.2) is 0 Å². The van der Waals surface area contributed by atoms with Crippen LogP contribution >= 0.6 is 0 Å². The van der Waals surface area contributed by atoms with E-state index >= 15 is 0 Å². The van der Waals surface area contributed by atoms with Crippen LogP contribution in [0.1, 0.15) is 99.3 Å². The summed E-state index contributed by atoms with van der Waals surface area (Å²) in [5.41, 5.74) is 13.7. The topological polar surface area (TPSA) is 78.6 Å². The van der Waals surface area contributed by atoms with Crippen LogP contribution in [0, 0.1) is 12.8 Å². The molecule has 0 aliphatic carbocycles. The van der Waals surface area contributed by atoms with Gasteiger partial charge < -0.3 is 15.5 Å². The summed E-state index contributed by atoms with van der Waals surface area (Å²) in [4.78, 5) is 29.6. The minimum atomic E-state index is 0.194. The molecule has 0 radical (unpaired) electrons. The molecule has 0 saturated carbocycles. The molecule has 2 aliphatic heterocycles. The maximum absolute atomic E-state index is 13.4. The fourth-order valence-electron chi connectivity index (χ4n) is 7.52. The van der Waals surface area contributed by atoms with Crippen LogP contribution in [0.25, 0.3) is 17.2 Å². The number of benzene rings is 1. The number of carbonyl (C=O) groups is 1. The largest absolute Gasteiger partial charge is 0.384 e. The predicted molar refractivity (Wildman–Crippen MR) is 195 cm³/mol. The minimum Gasteiger partial charge on any atom is -0.384 e. The number of hydrogen-bond acceptors (Lipinski definition) is 6. The third-order valence-electron chi connectivity index (χ3n) is 10.5. The Kier molecular flexibility index (Phi) is 12.2. The van der Waals surface area contributed by atoms with E-state index < -0.39 is 0 Å². The van der Waals surface area contributed by atoms with E-state index in [1.807, 2.05) is 24.5 Å². The van der Waals surface area contributed by atoms with Gasteiger partial charge in [-0.25, -0.2) is 4.98 Å². The molecule has 7 heteroatoms. The summed E-state index contributed by atoms with van der Waals surface area (Å²) in [6.07, 6.45) is 12.9. The highest BCUT2D eigenvalue weighted by Crippen LogP contribution is 2.32. The molecule has 1 unspecified atom stereocenters. The molecule has 0 spiro atoms. The third-order valence-corrected chi connectivity index (χ3v) is 10.5. The number of amides is 1. The van der Waals surface area contributed by atoms with Gasteiger partial charge in [0.1, 0.15) is 5.82 Å². The summed E-state index contributed by atoms with van der Waals surface area (Å²) in [6, 6.07) is 14.8. The Bertz CT molecular complexity index is 1460. The zero-order valence-electron chi connectivity index (χ0n) is 29.4. The van der Waals surface area contributed by atoms with Gasteiger partial charge in [0.25, 0.3) is 5.91 Å². The molecule has 7 nitrogen and oxygen atoms in total. The first-order valence-corrected chi connectivity index (χ1v) is 18.0. The standard InChI is InChI=1S/C40H56N6O/c1-6-20-44(21-7-2)28-32-15-22-46(23-16-32)40(47)35-10-8-33(9-11-35)34-17-24-45(25-18-34)31(5)29(3)26-38-30(4)42-19-14-37(38)36-12-13-39(41)43-27-36/h8-14,19,26-27,31-32,34H,6-7,15-18,20-25,28H2,1-5H3,(H2,41,43)/b29-26+. The monoisotopic (exact) mass is 636 g/mol. The second-order valence-corrected chi connectivity index (χ2v) is 13.9. The molecular weight excluding hydrogens is 580 g/mol. The van der Waals surface area contributed by atoms with Crippen molar-refractivity contribution in [3.63, 3.8) is 0 Å². The van der Waals surface area contributed by atoms with Crippen LogP contribution in [0.3, 0.4) is 0 Å². The minimum absolute atomic E-state index is 0.194. The Hall–Kier alpha value is -3.55. The van der Waals surface area contributed by atoms with Crippen molar-refractivity contribution in [2.45, 2.75) is 85.1 Å². The Morgan fingerprint density at radius 2 is 1.64 bits per heavy atom. The maximum Gasteiger partial charge on any atom is 0.253 e. The highest BCUT2D eigenvalue weighted by molar-refractivity contribution is 5.94. The number of hydrogen-bond donors (Lipinski definition) is 1. The molecule has 2 aromatic heterocycles. The predicted octanol–water partition coefficient (Wildman–Crippen LogP) is 7.68. The third kappa shape index (κ3) is 8.88. The molecule has 2 fully saturated rings. The van der Waals surface area contributed by atoms with E-state index in [0.717, 1.165) is 79.8 Å². The second kappa shape index (κ2) is 16.5. The van der Waals surface area contributed by atoms with Crippen molar-refractivity contribution >= 4 is 17.8 Å². The molecule has 2 N–H and O–H groups in total. The number of rotatable bonds is 12. The first-order valence-electron chi connectivity index (χ1n) is 18.0. The van der Waals surface area contributed by atoms with Gasteiger partial charge in [0.05, 0.1) is 0 Å². The number of nitrogens with zero attached hydrogens (tertiary/aromatic N) is 5. The van der Waals surface area contributed by atoms with E-state index in [9.17, 15) is 4.79 Å². The number of anilines is 1. The Morgan fingerprint density at radius 3 is 2.26 bits per heavy atom. The Balaban J connectivity index is 1.14. The molecule has 3 aromatic rings. The smallest absolute Gasteiger partial charge is 0.253 e. The number of likely N-dealkylation sites (tertiary alicyclic amines) is 2. The summed E-state index contributed by atoms with van der Waals surface area (Å²) < 4.78 is 0. The van der Waals surface area contributed by atoms with Crippen molar-refractivity contribution in [1.82, 2.24) is 24.7 Å². The molecule has 252 valence electrons. The average Bonchev–Trinajstić information content (AvgIpc) is 3.09. The van der Waals surface area contributed by atoms with Crippen LogP contribution in [-0.4, -0.2) is 82.4 Å². The number of aromatic nitrogens is 2. The molecular formula is C40H56N6O. The van der Waals surface area contributed by atoms with E-state index in [1.54, 1.807) is 0 Å². The number of piperidine rings is 2. The van der Waals surface area contributed by atoms with Gasteiger partial charge in [-0.2, -0.15) is 0 Å². The Labute approximate surface area is 283 Å². The maximum atomic E-state index is 13.4. The van der Waals surface area contributed by atoms with Gasteiger partial charge in [0, 0.05) is 60.5 Å². The molecule has 47 heavy (non-hydrogen) atoms. The number of nitrogen functional groups attached to an aromatic ring is 1. The summed E-state index contributed by atoms with van der Waals surface area (Å²) in [6.45, 7) is 18.6. The van der Waals surface area contributed by atoms with Crippen LogP contribution in [-0.2, 0) is 0 Å². The van der Waals surface area contributed by atoms with E-state index in [2.05, 4.69) is 95.7 Å². The fourth-order valence-corrected chi connectivity index (χ4v) is 7.52. The molecule has 2 saturated heterocycles. The summed E-state index contributed by atoms with van der Waals surface area (Å²) in [5, 5.41) is 0. The summed E-state index contributed by atoms with van der Waals surface area (Å²) >= 11 is 0. The zero-order chi connectivity index (χ0) is 33.3. The highest BCUT2D eigenvalue weighted by Gasteiger charge is 2.27. The summed E-state index contributed by atoms with van der Waals surface area (Å²) in [7, 11) is 0. The highest BCUT2D eigenvalue weighted by atomic mass is 16.2. The number of carbonyl (C=O) groups excluding carboxylic acids is 1. The van der Waals surface area contributed by atoms with Crippen molar-refractivity contribution in [1.29, 1.82) is 0 Å². The van der Waals surface area contributed by atoms with Crippen molar-refractivity contribution < 1.29 is 4.79 Å². The lowest BCUT2D eigenvalue weighted by Gasteiger charge is -2.37. The van der Waals surface area contributed by atoms with Gasteiger partial charge in [0.2, 0.25) is 0 Å². The van der Waals surface area contributed by atoms with Crippen LogP contribution in [0.15, 0.2) is 60.4 Å². The molecule has 2 aliphatic rings. The van der Waals surface area contributed by atoms with Crippen LogP contribution < -0.4 is 5.73 Å². The number of pyridine rings is 2. The molecule has 1 atom stereocenters. The lowest BCUT2D eigenvalue weighted by atomic mass is 9.87.